The van der Waals surface area contributed by atoms with E-state index in [1.807, 2.05) is 6.92 Å². The maximum Gasteiger partial charge on any atom is 0.339 e. The number of esters is 1. The largest absolute Gasteiger partial charge is 0.462 e. The molecule has 4 heteroatoms. The van der Waals surface area contributed by atoms with Gasteiger partial charge in [0.05, 0.1) is 17.9 Å². The Morgan fingerprint density at radius 1 is 1.60 bits per heavy atom. The molecular formula is C11H15NO3. The predicted octanol–water partition coefficient (Wildman–Crippen LogP) is 1.18. The highest BCUT2D eigenvalue weighted by atomic mass is 16.5. The number of hydrogen-bond donors (Lipinski definition) is 1. The lowest BCUT2D eigenvalue weighted by Gasteiger charge is -2.06. The first-order valence-electron chi connectivity index (χ1n) is 5.01. The number of pyridine rings is 1. The van der Waals surface area contributed by atoms with Gasteiger partial charge in [-0.25, -0.2) is 4.79 Å². The first kappa shape index (κ1) is 11.7. The molecule has 0 amide bonds. The van der Waals surface area contributed by atoms with Crippen molar-refractivity contribution in [3.05, 3.63) is 29.6 Å². The van der Waals surface area contributed by atoms with Crippen LogP contribution >= 0.6 is 0 Å². The van der Waals surface area contributed by atoms with E-state index in [0.29, 0.717) is 18.4 Å². The lowest BCUT2D eigenvalue weighted by Crippen LogP contribution is -2.10. The molecule has 1 heterocycles. The maximum atomic E-state index is 11.6. The van der Waals surface area contributed by atoms with Gasteiger partial charge in [0.2, 0.25) is 0 Å². The molecule has 0 aromatic carbocycles. The van der Waals surface area contributed by atoms with E-state index in [2.05, 4.69) is 4.98 Å². The van der Waals surface area contributed by atoms with Crippen LogP contribution in [0.5, 0.6) is 0 Å². The zero-order valence-corrected chi connectivity index (χ0v) is 8.77. The normalized spacial score (nSPS) is 10.0. The van der Waals surface area contributed by atoms with Crippen LogP contribution in [0.4, 0.5) is 0 Å². The fourth-order valence-corrected chi connectivity index (χ4v) is 1.21. The van der Waals surface area contributed by atoms with Gasteiger partial charge >= 0.3 is 5.97 Å². The zero-order chi connectivity index (χ0) is 11.1. The number of carbonyl (C=O) groups excluding carboxylic acids is 1. The molecular weight excluding hydrogens is 194 g/mol. The van der Waals surface area contributed by atoms with Crippen molar-refractivity contribution in [2.45, 2.75) is 19.8 Å². The number of hydrogen-bond acceptors (Lipinski definition) is 4. The number of nitrogens with zero attached hydrogens (tertiary/aromatic N) is 1. The summed E-state index contributed by atoms with van der Waals surface area (Å²) in [5.41, 5.74) is 1.25. The SMILES string of the molecule is CCc1ncccc1C(=O)OCCCO. The Labute approximate surface area is 88.9 Å². The van der Waals surface area contributed by atoms with Gasteiger partial charge in [0.25, 0.3) is 0 Å². The minimum Gasteiger partial charge on any atom is -0.462 e. The van der Waals surface area contributed by atoms with E-state index < -0.39 is 0 Å². The number of aliphatic hydroxyl groups is 1. The van der Waals surface area contributed by atoms with E-state index >= 15 is 0 Å². The smallest absolute Gasteiger partial charge is 0.339 e. The first-order chi connectivity index (χ1) is 7.29. The highest BCUT2D eigenvalue weighted by Gasteiger charge is 2.11. The predicted molar refractivity (Wildman–Crippen MR) is 55.6 cm³/mol. The zero-order valence-electron chi connectivity index (χ0n) is 8.77. The average molecular weight is 209 g/mol. The van der Waals surface area contributed by atoms with Crippen molar-refractivity contribution in [2.75, 3.05) is 13.2 Å². The van der Waals surface area contributed by atoms with E-state index in [1.165, 1.54) is 0 Å². The van der Waals surface area contributed by atoms with Gasteiger partial charge in [-0.05, 0) is 18.6 Å². The van der Waals surface area contributed by atoms with Crippen LogP contribution in [0.1, 0.15) is 29.4 Å². The topological polar surface area (TPSA) is 59.4 Å². The van der Waals surface area contributed by atoms with Gasteiger partial charge in [0, 0.05) is 19.2 Å². The average Bonchev–Trinajstić information content (AvgIpc) is 2.29. The molecule has 1 aromatic rings. The third-order valence-corrected chi connectivity index (χ3v) is 1.98. The molecule has 0 atom stereocenters. The lowest BCUT2D eigenvalue weighted by molar-refractivity contribution is 0.0480. The van der Waals surface area contributed by atoms with Gasteiger partial charge in [-0.1, -0.05) is 6.92 Å². The molecule has 0 aliphatic carbocycles. The standard InChI is InChI=1S/C11H15NO3/c1-2-10-9(5-3-6-12-10)11(14)15-8-4-7-13/h3,5-6,13H,2,4,7-8H2,1H3. The van der Waals surface area contributed by atoms with Crippen molar-refractivity contribution in [1.82, 2.24) is 4.98 Å². The fourth-order valence-electron chi connectivity index (χ4n) is 1.21. The molecule has 0 aliphatic heterocycles. The van der Waals surface area contributed by atoms with Gasteiger partial charge in [-0.15, -0.1) is 0 Å². The molecule has 0 fully saturated rings. The molecule has 0 bridgehead atoms. The van der Waals surface area contributed by atoms with Crippen molar-refractivity contribution in [3.63, 3.8) is 0 Å². The number of rotatable bonds is 5. The Kier molecular flexibility index (Phi) is 4.77. The Hall–Kier alpha value is -1.42. The summed E-state index contributed by atoms with van der Waals surface area (Å²) < 4.78 is 4.97. The molecule has 0 spiro atoms. The van der Waals surface area contributed by atoms with Crippen LogP contribution in [0.25, 0.3) is 0 Å². The summed E-state index contributed by atoms with van der Waals surface area (Å²) in [5, 5.41) is 8.55. The second-order valence-corrected chi connectivity index (χ2v) is 3.06. The summed E-state index contributed by atoms with van der Waals surface area (Å²) in [6, 6.07) is 3.41. The number of carbonyl (C=O) groups is 1. The Balaban J connectivity index is 2.64. The van der Waals surface area contributed by atoms with Crippen LogP contribution in [0.2, 0.25) is 0 Å². The van der Waals surface area contributed by atoms with E-state index in [1.54, 1.807) is 18.3 Å². The molecule has 0 aliphatic rings. The van der Waals surface area contributed by atoms with Gasteiger partial charge in [0.1, 0.15) is 0 Å². The summed E-state index contributed by atoms with van der Waals surface area (Å²) >= 11 is 0. The third-order valence-electron chi connectivity index (χ3n) is 1.98. The number of aryl methyl sites for hydroxylation is 1. The van der Waals surface area contributed by atoms with Crippen LogP contribution in [-0.2, 0) is 11.2 Å². The molecule has 1 N–H and O–H groups in total. The van der Waals surface area contributed by atoms with Crippen LogP contribution in [-0.4, -0.2) is 29.3 Å². The quantitative estimate of drug-likeness (QED) is 0.584. The minimum atomic E-state index is -0.367. The minimum absolute atomic E-state index is 0.0287. The monoisotopic (exact) mass is 209 g/mol. The van der Waals surface area contributed by atoms with Crippen molar-refractivity contribution in [2.24, 2.45) is 0 Å². The second-order valence-electron chi connectivity index (χ2n) is 3.06. The Morgan fingerprint density at radius 3 is 3.07 bits per heavy atom. The lowest BCUT2D eigenvalue weighted by atomic mass is 10.1. The number of aliphatic hydroxyl groups excluding tert-OH is 1. The van der Waals surface area contributed by atoms with Crippen LogP contribution in [0.3, 0.4) is 0 Å². The Bertz CT molecular complexity index is 325. The maximum absolute atomic E-state index is 11.6. The highest BCUT2D eigenvalue weighted by Crippen LogP contribution is 2.07. The van der Waals surface area contributed by atoms with E-state index in [0.717, 1.165) is 5.69 Å². The third kappa shape index (κ3) is 3.32. The molecule has 1 rings (SSSR count). The summed E-state index contributed by atoms with van der Waals surface area (Å²) in [6.07, 6.45) is 2.82. The summed E-state index contributed by atoms with van der Waals surface area (Å²) in [6.45, 7) is 2.21. The molecule has 1 aromatic heterocycles. The van der Waals surface area contributed by atoms with E-state index in [-0.39, 0.29) is 19.2 Å². The van der Waals surface area contributed by atoms with Gasteiger partial charge in [-0.3, -0.25) is 4.98 Å². The van der Waals surface area contributed by atoms with Crippen molar-refractivity contribution in [1.29, 1.82) is 0 Å². The number of ether oxygens (including phenoxy) is 1. The van der Waals surface area contributed by atoms with Gasteiger partial charge in [0.15, 0.2) is 0 Å². The van der Waals surface area contributed by atoms with Crippen molar-refractivity contribution >= 4 is 5.97 Å². The summed E-state index contributed by atoms with van der Waals surface area (Å²) in [5.74, 6) is -0.367. The molecule has 0 saturated heterocycles. The van der Waals surface area contributed by atoms with Crippen LogP contribution < -0.4 is 0 Å². The van der Waals surface area contributed by atoms with Gasteiger partial charge in [-0.2, -0.15) is 0 Å². The summed E-state index contributed by atoms with van der Waals surface area (Å²) in [4.78, 5) is 15.7. The van der Waals surface area contributed by atoms with E-state index in [9.17, 15) is 4.79 Å². The molecule has 0 unspecified atom stereocenters. The summed E-state index contributed by atoms with van der Waals surface area (Å²) in [7, 11) is 0. The van der Waals surface area contributed by atoms with Gasteiger partial charge < -0.3 is 9.84 Å². The van der Waals surface area contributed by atoms with Crippen LogP contribution in [0.15, 0.2) is 18.3 Å². The Morgan fingerprint density at radius 2 is 2.40 bits per heavy atom. The molecule has 4 nitrogen and oxygen atoms in total. The van der Waals surface area contributed by atoms with Crippen molar-refractivity contribution in [3.8, 4) is 0 Å². The van der Waals surface area contributed by atoms with Crippen molar-refractivity contribution < 1.29 is 14.6 Å². The second kappa shape index (κ2) is 6.14. The van der Waals surface area contributed by atoms with E-state index in [4.69, 9.17) is 9.84 Å². The highest BCUT2D eigenvalue weighted by molar-refractivity contribution is 5.90. The molecule has 0 radical (unpaired) electrons. The number of aromatic nitrogens is 1. The first-order valence-corrected chi connectivity index (χ1v) is 5.01. The van der Waals surface area contributed by atoms with Crippen LogP contribution in [0, 0.1) is 0 Å². The molecule has 82 valence electrons. The molecule has 15 heavy (non-hydrogen) atoms. The molecule has 0 saturated carbocycles. The fraction of sp³-hybridized carbons (Fsp3) is 0.455.